The lowest BCUT2D eigenvalue weighted by atomic mass is 10.1. The fourth-order valence-corrected chi connectivity index (χ4v) is 2.29. The topological polar surface area (TPSA) is 30.7 Å². The van der Waals surface area contributed by atoms with E-state index in [9.17, 15) is 0 Å². The SMILES string of the molecule is Cc1cc(C)n(-c2nccc(C(C)C)c2Cl)n1. The zero-order chi connectivity index (χ0) is 12.6. The average Bonchev–Trinajstić information content (AvgIpc) is 2.57. The maximum Gasteiger partial charge on any atom is 0.172 e. The minimum atomic E-state index is 0.376. The summed E-state index contributed by atoms with van der Waals surface area (Å²) < 4.78 is 1.80. The first-order chi connectivity index (χ1) is 8.00. The fourth-order valence-electron chi connectivity index (χ4n) is 1.88. The van der Waals surface area contributed by atoms with E-state index in [0.29, 0.717) is 16.8 Å². The summed E-state index contributed by atoms with van der Waals surface area (Å²) >= 11 is 6.40. The second-order valence-electron chi connectivity index (χ2n) is 4.53. The van der Waals surface area contributed by atoms with Gasteiger partial charge in [0.15, 0.2) is 5.82 Å². The van der Waals surface area contributed by atoms with Crippen LogP contribution in [0.25, 0.3) is 5.82 Å². The molecule has 0 amide bonds. The van der Waals surface area contributed by atoms with Crippen LogP contribution in [0.15, 0.2) is 18.3 Å². The van der Waals surface area contributed by atoms with E-state index in [1.54, 1.807) is 10.9 Å². The van der Waals surface area contributed by atoms with Crippen LogP contribution in [-0.2, 0) is 0 Å². The lowest BCUT2D eigenvalue weighted by Crippen LogP contribution is -2.05. The molecular formula is C13H16ClN3. The Morgan fingerprint density at radius 2 is 2.00 bits per heavy atom. The van der Waals surface area contributed by atoms with Gasteiger partial charge in [0.2, 0.25) is 0 Å². The molecule has 0 radical (unpaired) electrons. The van der Waals surface area contributed by atoms with Crippen molar-refractivity contribution in [2.45, 2.75) is 33.6 Å². The average molecular weight is 250 g/mol. The quantitative estimate of drug-likeness (QED) is 0.813. The summed E-state index contributed by atoms with van der Waals surface area (Å²) in [5.41, 5.74) is 3.11. The standard InChI is InChI=1S/C13H16ClN3/c1-8(2)11-5-6-15-13(12(11)14)17-10(4)7-9(3)16-17/h5-8H,1-4H3. The summed E-state index contributed by atoms with van der Waals surface area (Å²) in [6.07, 6.45) is 1.78. The van der Waals surface area contributed by atoms with Crippen molar-refractivity contribution in [1.29, 1.82) is 0 Å². The van der Waals surface area contributed by atoms with E-state index in [1.165, 1.54) is 0 Å². The predicted octanol–water partition coefficient (Wildman–Crippen LogP) is 3.66. The predicted molar refractivity (Wildman–Crippen MR) is 69.9 cm³/mol. The summed E-state index contributed by atoms with van der Waals surface area (Å²) in [5.74, 6) is 1.09. The van der Waals surface area contributed by atoms with Gasteiger partial charge in [0.1, 0.15) is 0 Å². The van der Waals surface area contributed by atoms with Crippen LogP contribution in [0.3, 0.4) is 0 Å². The normalized spacial score (nSPS) is 11.2. The van der Waals surface area contributed by atoms with Crippen molar-refractivity contribution >= 4 is 11.6 Å². The fraction of sp³-hybridized carbons (Fsp3) is 0.385. The Morgan fingerprint density at radius 1 is 1.29 bits per heavy atom. The highest BCUT2D eigenvalue weighted by atomic mass is 35.5. The molecule has 3 nitrogen and oxygen atoms in total. The van der Waals surface area contributed by atoms with Gasteiger partial charge >= 0.3 is 0 Å². The molecule has 0 saturated carbocycles. The van der Waals surface area contributed by atoms with Crippen molar-refractivity contribution in [3.8, 4) is 5.82 Å². The molecule has 4 heteroatoms. The Kier molecular flexibility index (Phi) is 3.20. The van der Waals surface area contributed by atoms with Crippen LogP contribution in [0.5, 0.6) is 0 Å². The van der Waals surface area contributed by atoms with Gasteiger partial charge in [-0.3, -0.25) is 0 Å². The summed E-state index contributed by atoms with van der Waals surface area (Å²) in [4.78, 5) is 4.33. The van der Waals surface area contributed by atoms with E-state index in [0.717, 1.165) is 17.0 Å². The monoisotopic (exact) mass is 249 g/mol. The second-order valence-corrected chi connectivity index (χ2v) is 4.91. The van der Waals surface area contributed by atoms with E-state index in [4.69, 9.17) is 11.6 Å². The Bertz CT molecular complexity index is 544. The highest BCUT2D eigenvalue weighted by molar-refractivity contribution is 6.33. The molecule has 90 valence electrons. The first-order valence-corrected chi connectivity index (χ1v) is 6.06. The van der Waals surface area contributed by atoms with E-state index in [2.05, 4.69) is 23.9 Å². The van der Waals surface area contributed by atoms with Crippen LogP contribution < -0.4 is 0 Å². The van der Waals surface area contributed by atoms with Crippen LogP contribution in [-0.4, -0.2) is 14.8 Å². The Balaban J connectivity index is 2.60. The van der Waals surface area contributed by atoms with Gasteiger partial charge in [-0.25, -0.2) is 9.67 Å². The maximum absolute atomic E-state index is 6.40. The third-order valence-corrected chi connectivity index (χ3v) is 3.12. The van der Waals surface area contributed by atoms with Gasteiger partial charge in [0.25, 0.3) is 0 Å². The second kappa shape index (κ2) is 4.49. The first kappa shape index (κ1) is 12.1. The molecule has 0 saturated heterocycles. The first-order valence-electron chi connectivity index (χ1n) is 5.68. The Morgan fingerprint density at radius 3 is 2.53 bits per heavy atom. The molecule has 0 spiro atoms. The molecule has 2 aromatic heterocycles. The molecule has 0 fully saturated rings. The van der Waals surface area contributed by atoms with Crippen molar-refractivity contribution in [3.05, 3.63) is 40.3 Å². The smallest absolute Gasteiger partial charge is 0.172 e. The van der Waals surface area contributed by atoms with Gasteiger partial charge in [-0.1, -0.05) is 25.4 Å². The number of hydrogen-bond acceptors (Lipinski definition) is 2. The van der Waals surface area contributed by atoms with E-state index < -0.39 is 0 Å². The summed E-state index contributed by atoms with van der Waals surface area (Å²) in [5, 5.41) is 5.10. The summed E-state index contributed by atoms with van der Waals surface area (Å²) in [6.45, 7) is 8.20. The largest absolute Gasteiger partial charge is 0.236 e. The Hall–Kier alpha value is -1.35. The highest BCUT2D eigenvalue weighted by Crippen LogP contribution is 2.28. The number of rotatable bonds is 2. The zero-order valence-corrected chi connectivity index (χ0v) is 11.3. The van der Waals surface area contributed by atoms with Crippen LogP contribution in [0, 0.1) is 13.8 Å². The van der Waals surface area contributed by atoms with E-state index in [1.807, 2.05) is 26.0 Å². The zero-order valence-electron chi connectivity index (χ0n) is 10.5. The van der Waals surface area contributed by atoms with Gasteiger partial charge in [-0.2, -0.15) is 5.10 Å². The molecule has 0 bridgehead atoms. The van der Waals surface area contributed by atoms with Crippen LogP contribution in [0.2, 0.25) is 5.02 Å². The van der Waals surface area contributed by atoms with Crippen molar-refractivity contribution in [1.82, 2.24) is 14.8 Å². The molecule has 0 aromatic carbocycles. The minimum Gasteiger partial charge on any atom is -0.236 e. The van der Waals surface area contributed by atoms with Gasteiger partial charge < -0.3 is 0 Å². The molecule has 2 heterocycles. The van der Waals surface area contributed by atoms with Gasteiger partial charge in [-0.05, 0) is 37.5 Å². The lowest BCUT2D eigenvalue weighted by molar-refractivity contribution is 0.793. The number of aromatic nitrogens is 3. The van der Waals surface area contributed by atoms with Crippen molar-refractivity contribution < 1.29 is 0 Å². The maximum atomic E-state index is 6.40. The molecule has 0 unspecified atom stereocenters. The number of pyridine rings is 1. The number of nitrogens with zero attached hydrogens (tertiary/aromatic N) is 3. The van der Waals surface area contributed by atoms with Gasteiger partial charge in [0, 0.05) is 11.9 Å². The molecule has 0 aliphatic heterocycles. The van der Waals surface area contributed by atoms with Crippen molar-refractivity contribution in [2.24, 2.45) is 0 Å². The Labute approximate surface area is 106 Å². The van der Waals surface area contributed by atoms with E-state index >= 15 is 0 Å². The molecule has 2 rings (SSSR count). The van der Waals surface area contributed by atoms with Crippen molar-refractivity contribution in [3.63, 3.8) is 0 Å². The number of halogens is 1. The molecule has 0 atom stereocenters. The molecule has 17 heavy (non-hydrogen) atoms. The van der Waals surface area contributed by atoms with Gasteiger partial charge in [0.05, 0.1) is 10.7 Å². The summed E-state index contributed by atoms with van der Waals surface area (Å²) in [7, 11) is 0. The molecule has 0 aliphatic rings. The van der Waals surface area contributed by atoms with Crippen molar-refractivity contribution in [2.75, 3.05) is 0 Å². The lowest BCUT2D eigenvalue weighted by Gasteiger charge is -2.12. The highest BCUT2D eigenvalue weighted by Gasteiger charge is 2.14. The molecule has 0 aliphatic carbocycles. The molecule has 2 aromatic rings. The molecular weight excluding hydrogens is 234 g/mol. The summed E-state index contributed by atoms with van der Waals surface area (Å²) in [6, 6.07) is 3.97. The minimum absolute atomic E-state index is 0.376. The number of hydrogen-bond donors (Lipinski definition) is 0. The van der Waals surface area contributed by atoms with Crippen LogP contribution >= 0.6 is 11.6 Å². The third kappa shape index (κ3) is 2.20. The van der Waals surface area contributed by atoms with Crippen LogP contribution in [0.1, 0.15) is 36.7 Å². The third-order valence-electron chi connectivity index (χ3n) is 2.73. The number of aryl methyl sites for hydroxylation is 2. The van der Waals surface area contributed by atoms with Crippen LogP contribution in [0.4, 0.5) is 0 Å². The molecule has 0 N–H and O–H groups in total. The van der Waals surface area contributed by atoms with Gasteiger partial charge in [-0.15, -0.1) is 0 Å². The van der Waals surface area contributed by atoms with E-state index in [-0.39, 0.29) is 0 Å².